The Bertz CT molecular complexity index is 376. The zero-order chi connectivity index (χ0) is 14.9. The molecular formula is C17H31N3O. The second kappa shape index (κ2) is 6.25. The molecule has 2 unspecified atom stereocenters. The van der Waals surface area contributed by atoms with Crippen LogP contribution in [0.4, 0.5) is 0 Å². The summed E-state index contributed by atoms with van der Waals surface area (Å²) in [5.41, 5.74) is 0.0932. The van der Waals surface area contributed by atoms with Crippen LogP contribution < -0.4 is 5.32 Å². The highest BCUT2D eigenvalue weighted by Gasteiger charge is 2.40. The predicted octanol–water partition coefficient (Wildman–Crippen LogP) is 1.85. The summed E-state index contributed by atoms with van der Waals surface area (Å²) in [4.78, 5) is 17.7. The van der Waals surface area contributed by atoms with Crippen LogP contribution in [0.1, 0.15) is 52.4 Å². The number of piperidine rings is 2. The van der Waals surface area contributed by atoms with Gasteiger partial charge in [0, 0.05) is 19.1 Å². The SMILES string of the molecule is CC1(C)CCCNC1C(=O)N1CCCC(N2CCCC2)C1. The molecule has 0 radical (unpaired) electrons. The van der Waals surface area contributed by atoms with E-state index in [0.717, 1.165) is 26.1 Å². The molecule has 3 aliphatic heterocycles. The molecule has 0 aromatic rings. The highest BCUT2D eigenvalue weighted by Crippen LogP contribution is 2.32. The standard InChI is InChI=1S/C17H31N3O/c1-17(2)8-6-9-18-15(17)16(21)20-12-5-7-14(13-20)19-10-3-4-11-19/h14-15,18H,3-13H2,1-2H3. The van der Waals surface area contributed by atoms with E-state index >= 15 is 0 Å². The fraction of sp³-hybridized carbons (Fsp3) is 0.941. The predicted molar refractivity (Wildman–Crippen MR) is 85.2 cm³/mol. The lowest BCUT2D eigenvalue weighted by atomic mass is 9.77. The van der Waals surface area contributed by atoms with Crippen molar-refractivity contribution in [3.63, 3.8) is 0 Å². The van der Waals surface area contributed by atoms with Crippen LogP contribution in [0.5, 0.6) is 0 Å². The lowest BCUT2D eigenvalue weighted by molar-refractivity contribution is -0.139. The molecule has 3 aliphatic rings. The van der Waals surface area contributed by atoms with E-state index in [1.807, 2.05) is 0 Å². The quantitative estimate of drug-likeness (QED) is 0.844. The molecule has 0 aromatic carbocycles. The Morgan fingerprint density at radius 3 is 2.57 bits per heavy atom. The molecule has 1 amide bonds. The van der Waals surface area contributed by atoms with E-state index in [-0.39, 0.29) is 11.5 Å². The van der Waals surface area contributed by atoms with E-state index in [1.54, 1.807) is 0 Å². The Kier molecular flexibility index (Phi) is 4.55. The highest BCUT2D eigenvalue weighted by atomic mass is 16.2. The van der Waals surface area contributed by atoms with Crippen molar-refractivity contribution >= 4 is 5.91 Å². The van der Waals surface area contributed by atoms with Crippen molar-refractivity contribution in [1.82, 2.24) is 15.1 Å². The van der Waals surface area contributed by atoms with Crippen molar-refractivity contribution in [2.75, 3.05) is 32.7 Å². The second-order valence-electron chi connectivity index (χ2n) is 7.80. The van der Waals surface area contributed by atoms with Crippen molar-refractivity contribution < 1.29 is 4.79 Å². The Morgan fingerprint density at radius 2 is 1.86 bits per heavy atom. The third kappa shape index (κ3) is 3.26. The number of hydrogen-bond acceptors (Lipinski definition) is 3. The Hall–Kier alpha value is -0.610. The van der Waals surface area contributed by atoms with E-state index in [0.29, 0.717) is 11.9 Å². The zero-order valence-corrected chi connectivity index (χ0v) is 13.7. The zero-order valence-electron chi connectivity index (χ0n) is 13.7. The minimum absolute atomic E-state index is 0.0172. The smallest absolute Gasteiger partial charge is 0.240 e. The summed E-state index contributed by atoms with van der Waals surface area (Å²) in [7, 11) is 0. The van der Waals surface area contributed by atoms with Crippen molar-refractivity contribution in [1.29, 1.82) is 0 Å². The molecule has 1 N–H and O–H groups in total. The van der Waals surface area contributed by atoms with Crippen LogP contribution in [-0.2, 0) is 4.79 Å². The van der Waals surface area contributed by atoms with Crippen LogP contribution in [0.2, 0.25) is 0 Å². The molecular weight excluding hydrogens is 262 g/mol. The summed E-state index contributed by atoms with van der Waals surface area (Å²) < 4.78 is 0. The van der Waals surface area contributed by atoms with Crippen molar-refractivity contribution in [3.05, 3.63) is 0 Å². The Balaban J connectivity index is 1.63. The first-order chi connectivity index (χ1) is 10.1. The van der Waals surface area contributed by atoms with Gasteiger partial charge in [0.25, 0.3) is 0 Å². The Labute approximate surface area is 129 Å². The Morgan fingerprint density at radius 1 is 1.10 bits per heavy atom. The molecule has 0 saturated carbocycles. The molecule has 3 saturated heterocycles. The van der Waals surface area contributed by atoms with Crippen LogP contribution in [0, 0.1) is 5.41 Å². The monoisotopic (exact) mass is 293 g/mol. The largest absolute Gasteiger partial charge is 0.340 e. The lowest BCUT2D eigenvalue weighted by Gasteiger charge is -2.44. The topological polar surface area (TPSA) is 35.6 Å². The van der Waals surface area contributed by atoms with Crippen LogP contribution in [0.3, 0.4) is 0 Å². The third-order valence-electron chi connectivity index (χ3n) is 5.74. The fourth-order valence-corrected chi connectivity index (χ4v) is 4.37. The highest BCUT2D eigenvalue weighted by molar-refractivity contribution is 5.83. The minimum atomic E-state index is 0.0172. The van der Waals surface area contributed by atoms with Gasteiger partial charge < -0.3 is 10.2 Å². The molecule has 0 aliphatic carbocycles. The minimum Gasteiger partial charge on any atom is -0.340 e. The van der Waals surface area contributed by atoms with Gasteiger partial charge in [0.2, 0.25) is 5.91 Å². The van der Waals surface area contributed by atoms with Gasteiger partial charge in [0.15, 0.2) is 0 Å². The van der Waals surface area contributed by atoms with Crippen molar-refractivity contribution in [2.45, 2.75) is 64.5 Å². The van der Waals surface area contributed by atoms with Gasteiger partial charge in [-0.2, -0.15) is 0 Å². The first-order valence-electron chi connectivity index (χ1n) is 8.84. The maximum atomic E-state index is 13.0. The van der Waals surface area contributed by atoms with E-state index < -0.39 is 0 Å². The maximum absolute atomic E-state index is 13.0. The number of likely N-dealkylation sites (tertiary alicyclic amines) is 2. The molecule has 0 bridgehead atoms. The molecule has 3 rings (SSSR count). The average molecular weight is 293 g/mol. The molecule has 4 heteroatoms. The normalized spacial score (nSPS) is 34.1. The number of nitrogens with zero attached hydrogens (tertiary/aromatic N) is 2. The van der Waals surface area contributed by atoms with Crippen LogP contribution in [-0.4, -0.2) is 60.5 Å². The van der Waals surface area contributed by atoms with E-state index in [2.05, 4.69) is 29.0 Å². The molecule has 120 valence electrons. The summed E-state index contributed by atoms with van der Waals surface area (Å²) in [6.07, 6.45) is 7.45. The number of rotatable bonds is 2. The van der Waals surface area contributed by atoms with Gasteiger partial charge in [0.05, 0.1) is 6.04 Å². The fourth-order valence-electron chi connectivity index (χ4n) is 4.37. The van der Waals surface area contributed by atoms with Crippen molar-refractivity contribution in [3.8, 4) is 0 Å². The van der Waals surface area contributed by atoms with Gasteiger partial charge in [-0.25, -0.2) is 0 Å². The summed E-state index contributed by atoms with van der Waals surface area (Å²) in [5.74, 6) is 0.351. The first-order valence-corrected chi connectivity index (χ1v) is 8.84. The second-order valence-corrected chi connectivity index (χ2v) is 7.80. The lowest BCUT2D eigenvalue weighted by Crippen LogP contribution is -2.59. The van der Waals surface area contributed by atoms with Gasteiger partial charge in [0.1, 0.15) is 0 Å². The van der Waals surface area contributed by atoms with Gasteiger partial charge >= 0.3 is 0 Å². The van der Waals surface area contributed by atoms with E-state index in [1.165, 1.54) is 45.2 Å². The summed E-state index contributed by atoms with van der Waals surface area (Å²) in [5, 5.41) is 3.49. The van der Waals surface area contributed by atoms with Gasteiger partial charge in [-0.3, -0.25) is 9.69 Å². The molecule has 4 nitrogen and oxygen atoms in total. The van der Waals surface area contributed by atoms with Crippen LogP contribution >= 0.6 is 0 Å². The number of hydrogen-bond donors (Lipinski definition) is 1. The number of carbonyl (C=O) groups excluding carboxylic acids is 1. The van der Waals surface area contributed by atoms with Crippen molar-refractivity contribution in [2.24, 2.45) is 5.41 Å². The number of amides is 1. The molecule has 0 aromatic heterocycles. The van der Waals surface area contributed by atoms with Crippen LogP contribution in [0.15, 0.2) is 0 Å². The molecule has 3 heterocycles. The molecule has 3 fully saturated rings. The molecule has 0 spiro atoms. The maximum Gasteiger partial charge on any atom is 0.240 e. The van der Waals surface area contributed by atoms with E-state index in [4.69, 9.17) is 0 Å². The van der Waals surface area contributed by atoms with Gasteiger partial charge in [-0.15, -0.1) is 0 Å². The third-order valence-corrected chi connectivity index (χ3v) is 5.74. The summed E-state index contributed by atoms with van der Waals surface area (Å²) in [6.45, 7) is 9.85. The number of nitrogens with one attached hydrogen (secondary N) is 1. The number of carbonyl (C=O) groups is 1. The van der Waals surface area contributed by atoms with E-state index in [9.17, 15) is 4.79 Å². The average Bonchev–Trinajstić information content (AvgIpc) is 3.00. The molecule has 21 heavy (non-hydrogen) atoms. The summed E-state index contributed by atoms with van der Waals surface area (Å²) in [6, 6.07) is 0.625. The van der Waals surface area contributed by atoms with Gasteiger partial charge in [-0.05, 0) is 63.6 Å². The van der Waals surface area contributed by atoms with Crippen LogP contribution in [0.25, 0.3) is 0 Å². The summed E-state index contributed by atoms with van der Waals surface area (Å²) >= 11 is 0. The molecule has 2 atom stereocenters. The van der Waals surface area contributed by atoms with Gasteiger partial charge in [-0.1, -0.05) is 13.8 Å². The first kappa shape index (κ1) is 15.3.